The number of nitrogens with zero attached hydrogens (tertiary/aromatic N) is 1. The monoisotopic (exact) mass is 530 g/mol. The molecule has 9 heteroatoms. The fraction of sp³-hybridized carbons (Fsp3) is 0.741. The van der Waals surface area contributed by atoms with E-state index in [1.165, 1.54) is 6.42 Å². The number of hydrogen-bond acceptors (Lipinski definition) is 6. The molecular weight excluding hydrogens is 479 g/mol. The number of phosphoric acid groups is 1. The van der Waals surface area contributed by atoms with E-state index in [1.807, 2.05) is 34.1 Å². The molecule has 0 aliphatic carbocycles. The number of rotatable bonds is 22. The van der Waals surface area contributed by atoms with Crippen LogP contribution in [0.2, 0.25) is 0 Å². The minimum Gasteiger partial charge on any atom is -0.756 e. The van der Waals surface area contributed by atoms with E-state index in [0.29, 0.717) is 17.4 Å². The third-order valence-corrected chi connectivity index (χ3v) is 6.28. The van der Waals surface area contributed by atoms with Crippen LogP contribution in [0.1, 0.15) is 78.1 Å². The van der Waals surface area contributed by atoms with E-state index < -0.39 is 26.6 Å². The Hall–Kier alpha value is -1.28. The summed E-state index contributed by atoms with van der Waals surface area (Å²) in [5.41, 5.74) is 0. The molecule has 0 heterocycles. The van der Waals surface area contributed by atoms with Crippen molar-refractivity contribution in [3.8, 4) is 0 Å². The van der Waals surface area contributed by atoms with Crippen LogP contribution in [0.25, 0.3) is 0 Å². The number of quaternary nitrogens is 1. The number of allylic oxidation sites excluding steroid dienone is 5. The summed E-state index contributed by atoms with van der Waals surface area (Å²) in [4.78, 5) is 24.5. The van der Waals surface area contributed by atoms with Crippen molar-refractivity contribution in [2.24, 2.45) is 0 Å². The standard InChI is InChI=1S/C27H51N2O6P/c1-6-8-10-11-12-13-14-15-16-17-19-20-26(30)25(28-27(31)21-18-9-7-2)24-35-36(32,33)34-23-22-29(3,4)5/h10-11,14-15,19-20,25-26,30H,6-9,12-13,16-18,21-24H2,1-5H3,(H-,28,31,32,33)/b11-10+,15-14+,20-19+. The number of carbonyl (C=O) groups is 1. The molecule has 2 N–H and O–H groups in total. The van der Waals surface area contributed by atoms with Gasteiger partial charge in [0.15, 0.2) is 0 Å². The summed E-state index contributed by atoms with van der Waals surface area (Å²) in [7, 11) is 1.22. The van der Waals surface area contributed by atoms with E-state index in [4.69, 9.17) is 9.05 Å². The minimum atomic E-state index is -4.56. The van der Waals surface area contributed by atoms with Gasteiger partial charge >= 0.3 is 0 Å². The highest BCUT2D eigenvalue weighted by molar-refractivity contribution is 7.45. The van der Waals surface area contributed by atoms with Crippen molar-refractivity contribution >= 4 is 13.7 Å². The predicted octanol–water partition coefficient (Wildman–Crippen LogP) is 4.65. The van der Waals surface area contributed by atoms with Crippen molar-refractivity contribution in [3.63, 3.8) is 0 Å². The first kappa shape index (κ1) is 34.7. The van der Waals surface area contributed by atoms with E-state index >= 15 is 0 Å². The lowest BCUT2D eigenvalue weighted by Gasteiger charge is -2.29. The lowest BCUT2D eigenvalue weighted by molar-refractivity contribution is -0.870. The number of unbranched alkanes of at least 4 members (excludes halogenated alkanes) is 5. The van der Waals surface area contributed by atoms with Crippen molar-refractivity contribution < 1.29 is 32.9 Å². The summed E-state index contributed by atoms with van der Waals surface area (Å²) in [6.45, 7) is 4.29. The number of aliphatic hydroxyl groups is 1. The molecule has 0 saturated heterocycles. The van der Waals surface area contributed by atoms with E-state index in [9.17, 15) is 19.4 Å². The molecule has 0 bridgehead atoms. The average Bonchev–Trinajstić information content (AvgIpc) is 2.79. The Morgan fingerprint density at radius 3 is 2.08 bits per heavy atom. The average molecular weight is 531 g/mol. The topological polar surface area (TPSA) is 108 Å². The van der Waals surface area contributed by atoms with E-state index in [-0.39, 0.29) is 12.5 Å². The van der Waals surface area contributed by atoms with E-state index in [1.54, 1.807) is 6.08 Å². The van der Waals surface area contributed by atoms with Crippen LogP contribution in [0.15, 0.2) is 36.5 Å². The van der Waals surface area contributed by atoms with Crippen molar-refractivity contribution in [3.05, 3.63) is 36.5 Å². The van der Waals surface area contributed by atoms with Crippen LogP contribution in [0.4, 0.5) is 0 Å². The van der Waals surface area contributed by atoms with Crippen molar-refractivity contribution in [1.29, 1.82) is 0 Å². The van der Waals surface area contributed by atoms with Gasteiger partial charge in [0.25, 0.3) is 7.82 Å². The van der Waals surface area contributed by atoms with E-state index in [0.717, 1.165) is 51.4 Å². The Bertz CT molecular complexity index is 703. The molecule has 0 rings (SSSR count). The molecule has 210 valence electrons. The van der Waals surface area contributed by atoms with Crippen molar-refractivity contribution in [2.45, 2.75) is 90.2 Å². The van der Waals surface area contributed by atoms with Gasteiger partial charge < -0.3 is 28.8 Å². The molecule has 0 aromatic carbocycles. The first-order valence-corrected chi connectivity index (χ1v) is 14.8. The van der Waals surface area contributed by atoms with Gasteiger partial charge in [-0.3, -0.25) is 9.36 Å². The quantitative estimate of drug-likeness (QED) is 0.0913. The van der Waals surface area contributed by atoms with Gasteiger partial charge in [-0.05, 0) is 38.5 Å². The van der Waals surface area contributed by atoms with Gasteiger partial charge in [0.1, 0.15) is 13.2 Å². The highest BCUT2D eigenvalue weighted by atomic mass is 31.2. The third kappa shape index (κ3) is 22.0. The summed E-state index contributed by atoms with van der Waals surface area (Å²) in [5, 5.41) is 13.3. The zero-order valence-electron chi connectivity index (χ0n) is 23.2. The maximum absolute atomic E-state index is 12.3. The predicted molar refractivity (Wildman–Crippen MR) is 145 cm³/mol. The molecular formula is C27H51N2O6P. The van der Waals surface area contributed by atoms with Crippen LogP contribution in [-0.4, -0.2) is 68.5 Å². The number of phosphoric ester groups is 1. The molecule has 3 atom stereocenters. The van der Waals surface area contributed by atoms with Crippen LogP contribution in [0.5, 0.6) is 0 Å². The number of carbonyl (C=O) groups excluding carboxylic acids is 1. The second-order valence-corrected chi connectivity index (χ2v) is 11.4. The fourth-order valence-corrected chi connectivity index (χ4v) is 3.79. The Balaban J connectivity index is 4.74. The second-order valence-electron chi connectivity index (χ2n) is 10.0. The molecule has 0 aromatic rings. The minimum absolute atomic E-state index is 0.0106. The van der Waals surface area contributed by atoms with Crippen molar-refractivity contribution in [2.75, 3.05) is 40.9 Å². The van der Waals surface area contributed by atoms with Crippen LogP contribution in [0, 0.1) is 0 Å². The van der Waals surface area contributed by atoms with Gasteiger partial charge in [-0.2, -0.15) is 0 Å². The van der Waals surface area contributed by atoms with Gasteiger partial charge in [0.05, 0.1) is 39.9 Å². The molecule has 36 heavy (non-hydrogen) atoms. The summed E-state index contributed by atoms with van der Waals surface area (Å²) >= 11 is 0. The third-order valence-electron chi connectivity index (χ3n) is 5.31. The Labute approximate surface area is 219 Å². The molecule has 0 aliphatic heterocycles. The molecule has 3 unspecified atom stereocenters. The Morgan fingerprint density at radius 2 is 1.53 bits per heavy atom. The van der Waals surface area contributed by atoms with Gasteiger partial charge in [-0.25, -0.2) is 0 Å². The first-order chi connectivity index (χ1) is 17.0. The Morgan fingerprint density at radius 1 is 0.944 bits per heavy atom. The van der Waals surface area contributed by atoms with Crippen LogP contribution in [0.3, 0.4) is 0 Å². The summed E-state index contributed by atoms with van der Waals surface area (Å²) < 4.78 is 22.6. The first-order valence-electron chi connectivity index (χ1n) is 13.4. The van der Waals surface area contributed by atoms with Crippen LogP contribution < -0.4 is 10.2 Å². The number of amides is 1. The van der Waals surface area contributed by atoms with Crippen molar-refractivity contribution in [1.82, 2.24) is 5.32 Å². The normalized spacial score (nSPS) is 16.1. The number of likely N-dealkylation sites (N-methyl/N-ethyl adjacent to an activating group) is 1. The smallest absolute Gasteiger partial charge is 0.268 e. The molecule has 0 spiro atoms. The van der Waals surface area contributed by atoms with Crippen LogP contribution in [-0.2, 0) is 18.4 Å². The number of aliphatic hydroxyl groups excluding tert-OH is 1. The molecule has 0 aromatic heterocycles. The molecule has 0 fully saturated rings. The zero-order valence-corrected chi connectivity index (χ0v) is 24.1. The van der Waals surface area contributed by atoms with Gasteiger partial charge in [0, 0.05) is 6.42 Å². The molecule has 0 saturated carbocycles. The van der Waals surface area contributed by atoms with Gasteiger partial charge in [-0.15, -0.1) is 0 Å². The summed E-state index contributed by atoms with van der Waals surface area (Å²) in [5.74, 6) is -0.243. The summed E-state index contributed by atoms with van der Waals surface area (Å²) in [6, 6.07) is -0.898. The number of nitrogens with one attached hydrogen (secondary N) is 1. The maximum Gasteiger partial charge on any atom is 0.268 e. The fourth-order valence-electron chi connectivity index (χ4n) is 3.07. The summed E-state index contributed by atoms with van der Waals surface area (Å²) in [6.07, 6.45) is 19.9. The van der Waals surface area contributed by atoms with E-state index in [2.05, 4.69) is 36.5 Å². The van der Waals surface area contributed by atoms with Gasteiger partial charge in [-0.1, -0.05) is 69.6 Å². The maximum atomic E-state index is 12.3. The molecule has 0 radical (unpaired) electrons. The SMILES string of the molecule is CCC/C=C/CC/C=C/CC/C=C/C(O)C(COP(=O)([O-])OCC[N+](C)(C)C)NC(=O)CCCCC. The van der Waals surface area contributed by atoms with Gasteiger partial charge in [0.2, 0.25) is 5.91 Å². The lowest BCUT2D eigenvalue weighted by Crippen LogP contribution is -2.45. The Kier molecular flexibility index (Phi) is 20.0. The highest BCUT2D eigenvalue weighted by Crippen LogP contribution is 2.38. The largest absolute Gasteiger partial charge is 0.756 e. The molecule has 1 amide bonds. The second kappa shape index (κ2) is 20.7. The molecule has 0 aliphatic rings. The number of hydrogen-bond donors (Lipinski definition) is 2. The molecule has 8 nitrogen and oxygen atoms in total. The lowest BCUT2D eigenvalue weighted by atomic mass is 10.1. The highest BCUT2D eigenvalue weighted by Gasteiger charge is 2.23. The zero-order chi connectivity index (χ0) is 27.3. The van der Waals surface area contributed by atoms with Crippen LogP contribution >= 0.6 is 7.82 Å².